The molecule has 148 valence electrons. The number of hydrogen-bond acceptors (Lipinski definition) is 2. The maximum absolute atomic E-state index is 5.87. The number of anilines is 1. The molecule has 0 aliphatic carbocycles. The van der Waals surface area contributed by atoms with Gasteiger partial charge in [0.15, 0.2) is 0 Å². The summed E-state index contributed by atoms with van der Waals surface area (Å²) in [5.41, 5.74) is 4.25. The predicted molar refractivity (Wildman–Crippen MR) is 121 cm³/mol. The molecule has 1 aliphatic heterocycles. The number of aryl methyl sites for hydroxylation is 1. The summed E-state index contributed by atoms with van der Waals surface area (Å²) in [5.74, 6) is 0. The zero-order valence-corrected chi connectivity index (χ0v) is 18.9. The predicted octanol–water partition coefficient (Wildman–Crippen LogP) is 6.27. The van der Waals surface area contributed by atoms with Crippen LogP contribution in [-0.2, 0) is 17.4 Å². The van der Waals surface area contributed by atoms with Crippen molar-refractivity contribution in [2.45, 2.75) is 47.1 Å². The average Bonchev–Trinajstić information content (AvgIpc) is 3.09. The van der Waals surface area contributed by atoms with Gasteiger partial charge in [-0.05, 0) is 55.9 Å². The number of benzene rings is 1. The molecule has 2 heterocycles. The van der Waals surface area contributed by atoms with Crippen LogP contribution in [0.25, 0.3) is 16.1 Å². The Hall–Kier alpha value is -2.32. The van der Waals surface area contributed by atoms with Gasteiger partial charge in [-0.25, -0.2) is 6.57 Å². The van der Waals surface area contributed by atoms with Crippen molar-refractivity contribution >= 4 is 23.1 Å². The number of aromatic nitrogens is 1. The highest BCUT2D eigenvalue weighted by Gasteiger charge is 2.34. The van der Waals surface area contributed by atoms with Crippen molar-refractivity contribution in [2.24, 2.45) is 7.05 Å². The van der Waals surface area contributed by atoms with Gasteiger partial charge in [0.25, 0.3) is 5.17 Å². The van der Waals surface area contributed by atoms with Crippen molar-refractivity contribution in [2.75, 3.05) is 19.0 Å². The molecule has 0 saturated heterocycles. The van der Waals surface area contributed by atoms with E-state index in [0.717, 1.165) is 11.3 Å². The van der Waals surface area contributed by atoms with Gasteiger partial charge >= 0.3 is 0 Å². The van der Waals surface area contributed by atoms with Crippen LogP contribution in [0.15, 0.2) is 36.5 Å². The van der Waals surface area contributed by atoms with Crippen LogP contribution in [0.3, 0.4) is 0 Å². The molecule has 0 bridgehead atoms. The lowest BCUT2D eigenvalue weighted by atomic mass is 9.92. The summed E-state index contributed by atoms with van der Waals surface area (Å²) >= 11 is 5.29. The van der Waals surface area contributed by atoms with Crippen LogP contribution in [0.5, 0.6) is 0 Å². The second-order valence-corrected chi connectivity index (χ2v) is 6.25. The van der Waals surface area contributed by atoms with Crippen LogP contribution in [0.1, 0.15) is 47.1 Å². The van der Waals surface area contributed by atoms with Crippen LogP contribution in [-0.4, -0.2) is 23.8 Å². The number of rotatable bonds is 1. The summed E-state index contributed by atoms with van der Waals surface area (Å²) in [6.45, 7) is 17.9. The molecule has 2 aromatic rings. The van der Waals surface area contributed by atoms with E-state index in [-0.39, 0.29) is 0 Å². The SMILES string of the molecule is CC.CC.CN1C(=S)OC(C)(C)c2cc(-c3cccn3C)ccc21.[C-]#[N+]C. The standard InChI is InChI=1S/C16H18N2OS.C2H3N.2C2H6/c1-16(2)12-10-11(13-6-5-9-17(13)3)7-8-14(12)18(4)15(20)19-16;1-3-2;2*1-2/h5-10H,1-4H3;1H3;2*1-2H3. The minimum absolute atomic E-state index is 0.403. The first-order valence-corrected chi connectivity index (χ1v) is 9.71. The third-order valence-corrected chi connectivity index (χ3v) is 4.22. The zero-order valence-electron chi connectivity index (χ0n) is 18.1. The lowest BCUT2D eigenvalue weighted by molar-refractivity contribution is 0.0904. The molecular formula is C22H33N3OS. The van der Waals surface area contributed by atoms with Crippen LogP contribution >= 0.6 is 12.2 Å². The maximum atomic E-state index is 5.87. The number of fused-ring (bicyclic) bond motifs is 1. The summed E-state index contributed by atoms with van der Waals surface area (Å²) in [4.78, 5) is 4.67. The molecule has 0 fully saturated rings. The van der Waals surface area contributed by atoms with Crippen molar-refractivity contribution in [3.05, 3.63) is 53.5 Å². The smallest absolute Gasteiger partial charge is 0.264 e. The van der Waals surface area contributed by atoms with Gasteiger partial charge in [-0.1, -0.05) is 33.8 Å². The number of hydrogen-bond donors (Lipinski definition) is 0. The van der Waals surface area contributed by atoms with Gasteiger partial charge in [-0.3, -0.25) is 0 Å². The second-order valence-electron chi connectivity index (χ2n) is 5.90. The molecule has 3 rings (SSSR count). The minimum atomic E-state index is -0.403. The number of nitrogens with zero attached hydrogens (tertiary/aromatic N) is 3. The van der Waals surface area contributed by atoms with Gasteiger partial charge in [-0.2, -0.15) is 0 Å². The fraction of sp³-hybridized carbons (Fsp3) is 0.455. The highest BCUT2D eigenvalue weighted by atomic mass is 32.1. The maximum Gasteiger partial charge on any atom is 0.264 e. The molecule has 0 atom stereocenters. The lowest BCUT2D eigenvalue weighted by Crippen LogP contribution is -2.40. The van der Waals surface area contributed by atoms with Gasteiger partial charge in [0.1, 0.15) is 5.60 Å². The van der Waals surface area contributed by atoms with Crippen molar-refractivity contribution in [1.29, 1.82) is 0 Å². The molecule has 0 unspecified atom stereocenters. The molecule has 5 heteroatoms. The van der Waals surface area contributed by atoms with Crippen LogP contribution in [0, 0.1) is 6.57 Å². The molecule has 1 aromatic carbocycles. The Balaban J connectivity index is 0.000000860. The summed E-state index contributed by atoms with van der Waals surface area (Å²) in [6, 6.07) is 10.6. The van der Waals surface area contributed by atoms with Crippen molar-refractivity contribution in [3.63, 3.8) is 0 Å². The summed E-state index contributed by atoms with van der Waals surface area (Å²) < 4.78 is 7.98. The van der Waals surface area contributed by atoms with Crippen LogP contribution < -0.4 is 4.90 Å². The van der Waals surface area contributed by atoms with E-state index in [1.165, 1.54) is 18.3 Å². The van der Waals surface area contributed by atoms with E-state index in [4.69, 9.17) is 23.5 Å². The van der Waals surface area contributed by atoms with Crippen LogP contribution in [0.2, 0.25) is 0 Å². The second kappa shape index (κ2) is 11.4. The summed E-state index contributed by atoms with van der Waals surface area (Å²) in [7, 11) is 5.41. The highest BCUT2D eigenvalue weighted by Crippen LogP contribution is 2.40. The third-order valence-electron chi connectivity index (χ3n) is 3.86. The Morgan fingerprint density at radius 3 is 2.11 bits per heavy atom. The Morgan fingerprint density at radius 1 is 1.07 bits per heavy atom. The van der Waals surface area contributed by atoms with Gasteiger partial charge < -0.3 is 19.0 Å². The first-order chi connectivity index (χ1) is 12.8. The number of thiocarbonyl (C=S) groups is 1. The van der Waals surface area contributed by atoms with E-state index in [1.54, 1.807) is 0 Å². The summed E-state index contributed by atoms with van der Waals surface area (Å²) in [5, 5.41) is 0.522. The van der Waals surface area contributed by atoms with E-state index in [1.807, 2.05) is 39.6 Å². The minimum Gasteiger partial charge on any atom is -0.460 e. The first-order valence-electron chi connectivity index (χ1n) is 9.30. The molecule has 1 aliphatic rings. The van der Waals surface area contributed by atoms with Crippen molar-refractivity contribution < 1.29 is 4.74 Å². The average molecular weight is 388 g/mol. The van der Waals surface area contributed by atoms with Gasteiger partial charge in [0, 0.05) is 31.5 Å². The summed E-state index contributed by atoms with van der Waals surface area (Å²) in [6.07, 6.45) is 2.05. The molecule has 0 N–H and O–H groups in total. The molecule has 0 radical (unpaired) electrons. The fourth-order valence-corrected chi connectivity index (χ4v) is 2.98. The molecule has 4 nitrogen and oxygen atoms in total. The normalized spacial score (nSPS) is 13.2. The first kappa shape index (κ1) is 24.7. The fourth-order valence-electron chi connectivity index (χ4n) is 2.67. The van der Waals surface area contributed by atoms with E-state index in [2.05, 4.69) is 66.8 Å². The zero-order chi connectivity index (χ0) is 21.2. The van der Waals surface area contributed by atoms with Gasteiger partial charge in [0.2, 0.25) is 7.05 Å². The van der Waals surface area contributed by atoms with E-state index >= 15 is 0 Å². The molecule has 0 amide bonds. The topological polar surface area (TPSA) is 21.8 Å². The quantitative estimate of drug-likeness (QED) is 0.425. The lowest BCUT2D eigenvalue weighted by Gasteiger charge is -2.39. The Kier molecular flexibility index (Phi) is 10.4. The third kappa shape index (κ3) is 5.83. The monoisotopic (exact) mass is 387 g/mol. The van der Waals surface area contributed by atoms with E-state index in [9.17, 15) is 0 Å². The van der Waals surface area contributed by atoms with Gasteiger partial charge in [0.05, 0.1) is 5.69 Å². The Morgan fingerprint density at radius 2 is 1.63 bits per heavy atom. The highest BCUT2D eigenvalue weighted by molar-refractivity contribution is 7.80. The van der Waals surface area contributed by atoms with E-state index < -0.39 is 5.60 Å². The molecule has 0 spiro atoms. The molecular weight excluding hydrogens is 354 g/mol. The largest absolute Gasteiger partial charge is 0.460 e. The molecule has 1 aromatic heterocycles. The Bertz CT molecular complexity index is 772. The molecule has 0 saturated carbocycles. The van der Waals surface area contributed by atoms with Crippen molar-refractivity contribution in [1.82, 2.24) is 4.57 Å². The Labute approximate surface area is 170 Å². The molecule has 27 heavy (non-hydrogen) atoms. The van der Waals surface area contributed by atoms with Crippen molar-refractivity contribution in [3.8, 4) is 11.3 Å². The van der Waals surface area contributed by atoms with Gasteiger partial charge in [-0.15, -0.1) is 0 Å². The number of ether oxygens (including phenoxy) is 1. The van der Waals surface area contributed by atoms with E-state index in [0.29, 0.717) is 5.17 Å². The van der Waals surface area contributed by atoms with Crippen LogP contribution in [0.4, 0.5) is 5.69 Å².